The minimum Gasteiger partial charge on any atom is -0.494 e. The third-order valence-corrected chi connectivity index (χ3v) is 2.56. The molecule has 0 aliphatic heterocycles. The highest BCUT2D eigenvalue weighted by Crippen LogP contribution is 2.16. The summed E-state index contributed by atoms with van der Waals surface area (Å²) in [6.45, 7) is 5.59. The minimum atomic E-state index is -1.26. The van der Waals surface area contributed by atoms with Crippen LogP contribution < -0.4 is 10.5 Å². The molecule has 0 aliphatic carbocycles. The number of rotatable bonds is 6. The quantitative estimate of drug-likeness (QED) is 0.612. The van der Waals surface area contributed by atoms with Crippen molar-refractivity contribution in [2.24, 2.45) is 11.7 Å². The average Bonchev–Trinajstić information content (AvgIpc) is 2.33. The number of aliphatic hydroxyl groups excluding tert-OH is 1. The number of benzene rings is 1. The largest absolute Gasteiger partial charge is 0.494 e. The number of aliphatic hydroxyl groups is 1. The molecule has 0 spiro atoms. The van der Waals surface area contributed by atoms with Crippen LogP contribution in [0.5, 0.6) is 5.75 Å². The number of ether oxygens (including phenoxy) is 2. The van der Waals surface area contributed by atoms with Gasteiger partial charge in [0, 0.05) is 0 Å². The third kappa shape index (κ3) is 6.04. The van der Waals surface area contributed by atoms with Crippen molar-refractivity contribution in [3.63, 3.8) is 0 Å². The van der Waals surface area contributed by atoms with Gasteiger partial charge >= 0.3 is 5.97 Å². The van der Waals surface area contributed by atoms with E-state index in [1.807, 2.05) is 30.3 Å². The van der Waals surface area contributed by atoms with Crippen LogP contribution >= 0.6 is 0 Å². The van der Waals surface area contributed by atoms with Crippen molar-refractivity contribution in [2.45, 2.75) is 39.0 Å². The first-order valence-corrected chi connectivity index (χ1v) is 6.64. The maximum absolute atomic E-state index is 11.9. The van der Waals surface area contributed by atoms with E-state index in [1.54, 1.807) is 20.8 Å². The molecule has 0 saturated carbocycles. The first kappa shape index (κ1) is 16.5. The summed E-state index contributed by atoms with van der Waals surface area (Å²) in [5.41, 5.74) is 4.83. The van der Waals surface area contributed by atoms with Gasteiger partial charge in [-0.05, 0) is 39.3 Å². The number of carbonyl (C=O) groups excluding carboxylic acids is 1. The molecule has 2 atom stereocenters. The number of esters is 1. The molecule has 0 radical (unpaired) electrons. The number of nitrogens with two attached hydrogens (primary N) is 1. The van der Waals surface area contributed by atoms with Crippen molar-refractivity contribution in [1.29, 1.82) is 0 Å². The van der Waals surface area contributed by atoms with Crippen molar-refractivity contribution in [2.75, 3.05) is 6.61 Å². The molecule has 0 bridgehead atoms. The Balaban J connectivity index is 2.49. The third-order valence-electron chi connectivity index (χ3n) is 2.56. The number of hydrogen-bond acceptors (Lipinski definition) is 5. The number of carbonyl (C=O) groups is 1. The molecule has 0 aliphatic rings. The fourth-order valence-electron chi connectivity index (χ4n) is 1.63. The molecule has 0 fully saturated rings. The lowest BCUT2D eigenvalue weighted by atomic mass is 10.0. The summed E-state index contributed by atoms with van der Waals surface area (Å²) in [7, 11) is 0. The van der Waals surface area contributed by atoms with Gasteiger partial charge in [0.15, 0.2) is 0 Å². The van der Waals surface area contributed by atoms with Crippen molar-refractivity contribution in [3.8, 4) is 5.75 Å². The maximum atomic E-state index is 11.9. The Labute approximate surface area is 119 Å². The van der Waals surface area contributed by atoms with E-state index in [-0.39, 0.29) is 6.61 Å². The molecule has 0 saturated heterocycles. The fourth-order valence-corrected chi connectivity index (χ4v) is 1.63. The van der Waals surface area contributed by atoms with E-state index < -0.39 is 23.7 Å². The highest BCUT2D eigenvalue weighted by Gasteiger charge is 2.29. The second kappa shape index (κ2) is 7.26. The average molecular weight is 281 g/mol. The molecular formula is C15H23NO4. The zero-order valence-electron chi connectivity index (χ0n) is 12.2. The van der Waals surface area contributed by atoms with E-state index in [1.165, 1.54) is 0 Å². The molecule has 20 heavy (non-hydrogen) atoms. The molecule has 1 aromatic carbocycles. The van der Waals surface area contributed by atoms with Gasteiger partial charge < -0.3 is 20.3 Å². The molecule has 1 unspecified atom stereocenters. The Hall–Kier alpha value is -1.59. The molecule has 5 nitrogen and oxygen atoms in total. The van der Waals surface area contributed by atoms with Gasteiger partial charge in [0.25, 0.3) is 0 Å². The summed E-state index contributed by atoms with van der Waals surface area (Å²) in [4.78, 5) is 11.9. The zero-order valence-corrected chi connectivity index (χ0v) is 12.2. The highest BCUT2D eigenvalue weighted by atomic mass is 16.6. The Morgan fingerprint density at radius 3 is 2.40 bits per heavy atom. The van der Waals surface area contributed by atoms with Crippen molar-refractivity contribution in [1.82, 2.24) is 0 Å². The van der Waals surface area contributed by atoms with Crippen LogP contribution in [0.25, 0.3) is 0 Å². The lowest BCUT2D eigenvalue weighted by Gasteiger charge is -2.25. The van der Waals surface area contributed by atoms with Gasteiger partial charge in [-0.1, -0.05) is 18.2 Å². The van der Waals surface area contributed by atoms with Crippen molar-refractivity contribution >= 4 is 5.97 Å². The molecule has 3 N–H and O–H groups in total. The maximum Gasteiger partial charge on any atom is 0.313 e. The van der Waals surface area contributed by atoms with Gasteiger partial charge in [0.05, 0.1) is 12.5 Å². The molecule has 112 valence electrons. The van der Waals surface area contributed by atoms with Crippen LogP contribution in [0.2, 0.25) is 0 Å². The molecule has 1 aromatic rings. The van der Waals surface area contributed by atoms with E-state index >= 15 is 0 Å². The van der Waals surface area contributed by atoms with Gasteiger partial charge in [0.2, 0.25) is 0 Å². The van der Waals surface area contributed by atoms with Crippen LogP contribution in [0.15, 0.2) is 30.3 Å². The Morgan fingerprint density at radius 1 is 1.30 bits per heavy atom. The van der Waals surface area contributed by atoms with Crippen LogP contribution in [0.4, 0.5) is 0 Å². The number of hydrogen-bond donors (Lipinski definition) is 2. The summed E-state index contributed by atoms with van der Waals surface area (Å²) in [6, 6.07) is 9.25. The summed E-state index contributed by atoms with van der Waals surface area (Å²) < 4.78 is 10.7. The predicted molar refractivity (Wildman–Crippen MR) is 76.1 cm³/mol. The lowest BCUT2D eigenvalue weighted by Crippen LogP contribution is -2.40. The standard InChI is InChI=1S/C15H23NO4/c1-15(2,3)20-14(18)12(13(16)17)9-10-19-11-7-5-4-6-8-11/h4-8,12-13,17H,9-10,16H2,1-3H3/t12-,13?/m0/s1. The van der Waals surface area contributed by atoms with E-state index in [4.69, 9.17) is 15.2 Å². The van der Waals surface area contributed by atoms with Gasteiger partial charge in [-0.25, -0.2) is 0 Å². The van der Waals surface area contributed by atoms with Gasteiger partial charge in [0.1, 0.15) is 17.6 Å². The van der Waals surface area contributed by atoms with Crippen LogP contribution in [0.1, 0.15) is 27.2 Å². The van der Waals surface area contributed by atoms with Crippen LogP contribution in [0.3, 0.4) is 0 Å². The molecule has 0 aromatic heterocycles. The molecule has 1 rings (SSSR count). The highest BCUT2D eigenvalue weighted by molar-refractivity contribution is 5.73. The molecule has 0 amide bonds. The van der Waals surface area contributed by atoms with Crippen molar-refractivity contribution < 1.29 is 19.4 Å². The molecule has 5 heteroatoms. The summed E-state index contributed by atoms with van der Waals surface area (Å²) >= 11 is 0. The van der Waals surface area contributed by atoms with E-state index in [0.717, 1.165) is 0 Å². The molecule has 0 heterocycles. The SMILES string of the molecule is CC(C)(C)OC(=O)[C@@H](CCOc1ccccc1)C(N)O. The monoisotopic (exact) mass is 281 g/mol. The summed E-state index contributed by atoms with van der Waals surface area (Å²) in [5, 5.41) is 9.50. The summed E-state index contributed by atoms with van der Waals surface area (Å²) in [5.74, 6) is -0.593. The topological polar surface area (TPSA) is 81.8 Å². The Bertz CT molecular complexity index is 412. The minimum absolute atomic E-state index is 0.280. The Kier molecular flexibility index (Phi) is 5.98. The van der Waals surface area contributed by atoms with Crippen LogP contribution in [-0.2, 0) is 9.53 Å². The Morgan fingerprint density at radius 2 is 1.90 bits per heavy atom. The first-order valence-electron chi connectivity index (χ1n) is 6.64. The van der Waals surface area contributed by atoms with E-state index in [0.29, 0.717) is 12.2 Å². The van der Waals surface area contributed by atoms with Crippen molar-refractivity contribution in [3.05, 3.63) is 30.3 Å². The van der Waals surface area contributed by atoms with Gasteiger partial charge in [-0.3, -0.25) is 4.79 Å². The zero-order chi connectivity index (χ0) is 15.2. The second-order valence-electron chi connectivity index (χ2n) is 5.58. The second-order valence-corrected chi connectivity index (χ2v) is 5.58. The molecular weight excluding hydrogens is 258 g/mol. The summed E-state index contributed by atoms with van der Waals surface area (Å²) in [6.07, 6.45) is -0.967. The smallest absolute Gasteiger partial charge is 0.313 e. The van der Waals surface area contributed by atoms with E-state index in [2.05, 4.69) is 0 Å². The van der Waals surface area contributed by atoms with Crippen LogP contribution in [0, 0.1) is 5.92 Å². The van der Waals surface area contributed by atoms with Gasteiger partial charge in [-0.15, -0.1) is 0 Å². The lowest BCUT2D eigenvalue weighted by molar-refractivity contribution is -0.164. The normalized spacial score (nSPS) is 14.4. The fraction of sp³-hybridized carbons (Fsp3) is 0.533. The van der Waals surface area contributed by atoms with Gasteiger partial charge in [-0.2, -0.15) is 0 Å². The predicted octanol–water partition coefficient (Wildman–Crippen LogP) is 1.69. The first-order chi connectivity index (χ1) is 9.29. The van der Waals surface area contributed by atoms with Crippen LogP contribution in [-0.4, -0.2) is 29.5 Å². The van der Waals surface area contributed by atoms with E-state index in [9.17, 15) is 9.90 Å². The number of para-hydroxylation sites is 1.